The largest absolute Gasteiger partial charge is 0.374 e. The molecule has 0 aromatic rings. The van der Waals surface area contributed by atoms with Gasteiger partial charge in [0.15, 0.2) is 0 Å². The zero-order valence-corrected chi connectivity index (χ0v) is 6.70. The lowest BCUT2D eigenvalue weighted by atomic mass is 10.4. The maximum atomic E-state index is 5.56. The second-order valence-electron chi connectivity index (χ2n) is 2.56. The van der Waals surface area contributed by atoms with Crippen molar-refractivity contribution in [1.82, 2.24) is 0 Å². The fraction of sp³-hybridized carbons (Fsp3) is 1.00. The number of hydrogen-bond donors (Lipinski definition) is 1. The summed E-state index contributed by atoms with van der Waals surface area (Å²) in [5.74, 6) is 0. The third kappa shape index (κ3) is 1.81. The predicted octanol–water partition coefficient (Wildman–Crippen LogP) is 0.934. The van der Waals surface area contributed by atoms with E-state index in [0.29, 0.717) is 6.04 Å². The lowest BCUT2D eigenvalue weighted by Crippen LogP contribution is -2.19. The van der Waals surface area contributed by atoms with Crippen molar-refractivity contribution < 1.29 is 4.74 Å². The molecule has 0 aromatic carbocycles. The topological polar surface area (TPSA) is 35.2 Å². The quantitative estimate of drug-likeness (QED) is 0.638. The Morgan fingerprint density at radius 2 is 2.22 bits per heavy atom. The van der Waals surface area contributed by atoms with Crippen LogP contribution in [-0.2, 0) is 4.74 Å². The predicted molar refractivity (Wildman–Crippen MR) is 39.9 cm³/mol. The van der Waals surface area contributed by atoms with Crippen molar-refractivity contribution in [2.45, 2.75) is 31.9 Å². The molecule has 3 heteroatoms. The Kier molecular flexibility index (Phi) is 2.93. The van der Waals surface area contributed by atoms with Crippen LogP contribution in [0.4, 0.5) is 0 Å². The molecule has 0 bridgehead atoms. The molecule has 0 spiro atoms. The van der Waals surface area contributed by atoms with Gasteiger partial charge < -0.3 is 10.5 Å². The molecule has 56 valence electrons. The van der Waals surface area contributed by atoms with Gasteiger partial charge in [-0.2, -0.15) is 0 Å². The van der Waals surface area contributed by atoms with Gasteiger partial charge in [-0.15, -0.1) is 12.4 Å². The lowest BCUT2D eigenvalue weighted by molar-refractivity contribution is 0.0519. The van der Waals surface area contributed by atoms with Crippen molar-refractivity contribution in [3.8, 4) is 0 Å². The van der Waals surface area contributed by atoms with Crippen LogP contribution in [0.3, 0.4) is 0 Å². The van der Waals surface area contributed by atoms with Crippen LogP contribution in [0.2, 0.25) is 0 Å². The van der Waals surface area contributed by atoms with Gasteiger partial charge in [-0.1, -0.05) is 0 Å². The molecule has 1 aliphatic carbocycles. The number of rotatable bonds is 2. The molecule has 0 saturated heterocycles. The number of halogens is 1. The molecule has 1 fully saturated rings. The summed E-state index contributed by atoms with van der Waals surface area (Å²) < 4.78 is 5.33. The van der Waals surface area contributed by atoms with Crippen LogP contribution < -0.4 is 5.73 Å². The Morgan fingerprint density at radius 1 is 1.78 bits per heavy atom. The second-order valence-corrected chi connectivity index (χ2v) is 2.56. The zero-order valence-electron chi connectivity index (χ0n) is 5.89. The van der Waals surface area contributed by atoms with Gasteiger partial charge in [0.05, 0.1) is 5.60 Å². The molecule has 0 radical (unpaired) electrons. The van der Waals surface area contributed by atoms with Crippen molar-refractivity contribution in [1.29, 1.82) is 0 Å². The van der Waals surface area contributed by atoms with E-state index in [1.165, 1.54) is 0 Å². The molecule has 0 amide bonds. The van der Waals surface area contributed by atoms with Crippen molar-refractivity contribution in [3.05, 3.63) is 0 Å². The molecule has 0 heterocycles. The van der Waals surface area contributed by atoms with Gasteiger partial charge in [-0.05, 0) is 20.3 Å². The van der Waals surface area contributed by atoms with E-state index in [-0.39, 0.29) is 18.0 Å². The molecule has 0 aliphatic heterocycles. The fourth-order valence-corrected chi connectivity index (χ4v) is 0.873. The third-order valence-corrected chi connectivity index (χ3v) is 1.72. The Hall–Kier alpha value is 0.210. The Morgan fingerprint density at radius 3 is 2.33 bits per heavy atom. The van der Waals surface area contributed by atoms with Crippen molar-refractivity contribution in [2.75, 3.05) is 6.61 Å². The highest BCUT2D eigenvalue weighted by Crippen LogP contribution is 2.37. The number of hydrogen-bond acceptors (Lipinski definition) is 2. The maximum Gasteiger partial charge on any atom is 0.0821 e. The van der Waals surface area contributed by atoms with Gasteiger partial charge in [0, 0.05) is 12.6 Å². The minimum absolute atomic E-state index is 0. The smallest absolute Gasteiger partial charge is 0.0821 e. The zero-order chi connectivity index (χ0) is 6.20. The molecule has 0 aromatic heterocycles. The van der Waals surface area contributed by atoms with Crippen LogP contribution in [0.25, 0.3) is 0 Å². The van der Waals surface area contributed by atoms with Gasteiger partial charge >= 0.3 is 0 Å². The van der Waals surface area contributed by atoms with Crippen molar-refractivity contribution >= 4 is 12.4 Å². The molecule has 9 heavy (non-hydrogen) atoms. The summed E-state index contributed by atoms with van der Waals surface area (Å²) in [7, 11) is 0. The average molecular weight is 152 g/mol. The number of ether oxygens (including phenoxy) is 1. The SMILES string of the molecule is CCOC1(C)CC1N.Cl. The number of nitrogens with two attached hydrogens (primary N) is 1. The monoisotopic (exact) mass is 151 g/mol. The molecule has 2 unspecified atom stereocenters. The van der Waals surface area contributed by atoms with Gasteiger partial charge in [0.2, 0.25) is 0 Å². The first-order valence-electron chi connectivity index (χ1n) is 3.08. The standard InChI is InChI=1S/C6H13NO.ClH/c1-3-8-6(2)4-5(6)7;/h5H,3-4,7H2,1-2H3;1H. The van der Waals surface area contributed by atoms with E-state index >= 15 is 0 Å². The molecule has 2 N–H and O–H groups in total. The molecule has 2 nitrogen and oxygen atoms in total. The first-order chi connectivity index (χ1) is 3.69. The highest BCUT2D eigenvalue weighted by atomic mass is 35.5. The van der Waals surface area contributed by atoms with E-state index in [2.05, 4.69) is 6.92 Å². The molecule has 1 saturated carbocycles. The van der Waals surface area contributed by atoms with E-state index in [9.17, 15) is 0 Å². The van der Waals surface area contributed by atoms with Crippen LogP contribution in [0.15, 0.2) is 0 Å². The van der Waals surface area contributed by atoms with Crippen LogP contribution in [0.5, 0.6) is 0 Å². The lowest BCUT2D eigenvalue weighted by Gasteiger charge is -2.07. The minimum Gasteiger partial charge on any atom is -0.374 e. The summed E-state index contributed by atoms with van der Waals surface area (Å²) in [6.45, 7) is 4.83. The van der Waals surface area contributed by atoms with Crippen LogP contribution in [0, 0.1) is 0 Å². The van der Waals surface area contributed by atoms with Gasteiger partial charge in [0.1, 0.15) is 0 Å². The Bertz CT molecular complexity index is 99.1. The first kappa shape index (κ1) is 9.21. The van der Waals surface area contributed by atoms with E-state index < -0.39 is 0 Å². The van der Waals surface area contributed by atoms with Crippen LogP contribution in [-0.4, -0.2) is 18.2 Å². The Balaban J connectivity index is 0.000000640. The summed E-state index contributed by atoms with van der Waals surface area (Å²) in [4.78, 5) is 0. The summed E-state index contributed by atoms with van der Waals surface area (Å²) in [6.07, 6.45) is 1.03. The fourth-order valence-electron chi connectivity index (χ4n) is 0.873. The second kappa shape index (κ2) is 2.86. The minimum atomic E-state index is 0. The molecule has 2 atom stereocenters. The summed E-state index contributed by atoms with van der Waals surface area (Å²) >= 11 is 0. The average Bonchev–Trinajstić information content (AvgIpc) is 2.16. The van der Waals surface area contributed by atoms with Gasteiger partial charge in [-0.25, -0.2) is 0 Å². The van der Waals surface area contributed by atoms with E-state index in [1.807, 2.05) is 6.92 Å². The van der Waals surface area contributed by atoms with Crippen LogP contribution >= 0.6 is 12.4 Å². The molecule has 1 rings (SSSR count). The van der Waals surface area contributed by atoms with E-state index in [1.54, 1.807) is 0 Å². The first-order valence-corrected chi connectivity index (χ1v) is 3.08. The maximum absolute atomic E-state index is 5.56. The van der Waals surface area contributed by atoms with Crippen LogP contribution in [0.1, 0.15) is 20.3 Å². The third-order valence-electron chi connectivity index (χ3n) is 1.72. The summed E-state index contributed by atoms with van der Waals surface area (Å²) in [6, 6.07) is 0.294. The van der Waals surface area contributed by atoms with Gasteiger partial charge in [0.25, 0.3) is 0 Å². The summed E-state index contributed by atoms with van der Waals surface area (Å²) in [5, 5.41) is 0. The van der Waals surface area contributed by atoms with Crippen molar-refractivity contribution in [2.24, 2.45) is 5.73 Å². The van der Waals surface area contributed by atoms with Crippen molar-refractivity contribution in [3.63, 3.8) is 0 Å². The Labute approximate surface area is 62.2 Å². The van der Waals surface area contributed by atoms with E-state index in [4.69, 9.17) is 10.5 Å². The highest BCUT2D eigenvalue weighted by molar-refractivity contribution is 5.85. The molecule has 1 aliphatic rings. The molecular formula is C6H14ClNO. The normalized spacial score (nSPS) is 39.7. The van der Waals surface area contributed by atoms with Gasteiger partial charge in [-0.3, -0.25) is 0 Å². The van der Waals surface area contributed by atoms with E-state index in [0.717, 1.165) is 13.0 Å². The summed E-state index contributed by atoms with van der Waals surface area (Å²) in [5.41, 5.74) is 5.60. The molecular weight excluding hydrogens is 138 g/mol. The highest BCUT2D eigenvalue weighted by Gasteiger charge is 2.48.